The van der Waals surface area contributed by atoms with Gasteiger partial charge in [0.05, 0.1) is 12.1 Å². The molecule has 146 valence electrons. The molecule has 1 aromatic heterocycles. The van der Waals surface area contributed by atoms with E-state index in [1.165, 1.54) is 11.8 Å². The predicted octanol–water partition coefficient (Wildman–Crippen LogP) is 4.48. The van der Waals surface area contributed by atoms with Crippen LogP contribution in [0.5, 0.6) is 0 Å². The van der Waals surface area contributed by atoms with Crippen molar-refractivity contribution in [2.24, 2.45) is 5.73 Å². The first-order chi connectivity index (χ1) is 13.4. The van der Waals surface area contributed by atoms with E-state index in [9.17, 15) is 4.79 Å². The number of amides is 1. The minimum atomic E-state index is -0.257. The lowest BCUT2D eigenvalue weighted by Crippen LogP contribution is -2.32. The van der Waals surface area contributed by atoms with Crippen LogP contribution in [0.15, 0.2) is 59.2 Å². The number of hydrogen-bond donors (Lipinski definition) is 2. The fourth-order valence-corrected chi connectivity index (χ4v) is 2.94. The molecule has 6 heteroatoms. The lowest BCUT2D eigenvalue weighted by molar-refractivity contribution is -0.120. The summed E-state index contributed by atoms with van der Waals surface area (Å²) in [5.41, 5.74) is 9.83. The number of halogens is 1. The number of carbonyl (C=O) groups is 1. The molecule has 1 amide bonds. The SMILES string of the molecule is CC(C)c1ccc(C(N)CNC(=O)Cc2coc(-c3ccc(Cl)cc3)n2)cc1. The Kier molecular flexibility index (Phi) is 6.49. The van der Waals surface area contributed by atoms with Gasteiger partial charge in [0.25, 0.3) is 0 Å². The summed E-state index contributed by atoms with van der Waals surface area (Å²) in [6.07, 6.45) is 1.63. The Labute approximate surface area is 169 Å². The molecule has 3 rings (SSSR count). The van der Waals surface area contributed by atoms with E-state index in [1.807, 2.05) is 24.3 Å². The highest BCUT2D eigenvalue weighted by molar-refractivity contribution is 6.30. The topological polar surface area (TPSA) is 81.1 Å². The van der Waals surface area contributed by atoms with Crippen molar-refractivity contribution in [1.29, 1.82) is 0 Å². The van der Waals surface area contributed by atoms with E-state index in [0.29, 0.717) is 29.1 Å². The third-order valence-electron chi connectivity index (χ3n) is 4.54. The number of nitrogens with two attached hydrogens (primary N) is 1. The van der Waals surface area contributed by atoms with E-state index >= 15 is 0 Å². The average molecular weight is 398 g/mol. The van der Waals surface area contributed by atoms with Crippen LogP contribution in [0.25, 0.3) is 11.5 Å². The molecule has 1 atom stereocenters. The molecule has 3 aromatic rings. The highest BCUT2D eigenvalue weighted by Gasteiger charge is 2.13. The Morgan fingerprint density at radius 2 is 1.75 bits per heavy atom. The van der Waals surface area contributed by atoms with Crippen LogP contribution in [0.4, 0.5) is 0 Å². The molecule has 1 heterocycles. The first kappa shape index (κ1) is 20.1. The van der Waals surface area contributed by atoms with Gasteiger partial charge in [-0.3, -0.25) is 4.79 Å². The maximum absolute atomic E-state index is 12.2. The van der Waals surface area contributed by atoms with E-state index < -0.39 is 0 Å². The van der Waals surface area contributed by atoms with Gasteiger partial charge in [-0.15, -0.1) is 0 Å². The summed E-state index contributed by atoms with van der Waals surface area (Å²) in [4.78, 5) is 16.6. The Bertz CT molecular complexity index is 918. The van der Waals surface area contributed by atoms with E-state index in [2.05, 4.69) is 36.3 Å². The highest BCUT2D eigenvalue weighted by Crippen LogP contribution is 2.21. The van der Waals surface area contributed by atoms with Crippen LogP contribution < -0.4 is 11.1 Å². The number of hydrogen-bond acceptors (Lipinski definition) is 4. The lowest BCUT2D eigenvalue weighted by atomic mass is 9.99. The number of nitrogens with zero attached hydrogens (tertiary/aromatic N) is 1. The molecule has 0 bridgehead atoms. The Morgan fingerprint density at radius 3 is 2.39 bits per heavy atom. The minimum absolute atomic E-state index is 0.135. The van der Waals surface area contributed by atoms with Gasteiger partial charge in [-0.1, -0.05) is 49.7 Å². The summed E-state index contributed by atoms with van der Waals surface area (Å²) in [7, 11) is 0. The number of nitrogens with one attached hydrogen (secondary N) is 1. The number of rotatable bonds is 7. The molecule has 2 aromatic carbocycles. The third-order valence-corrected chi connectivity index (χ3v) is 4.79. The second-order valence-corrected chi connectivity index (χ2v) is 7.50. The minimum Gasteiger partial charge on any atom is -0.444 e. The molecule has 0 saturated heterocycles. The van der Waals surface area contributed by atoms with Crippen LogP contribution in [0, 0.1) is 0 Å². The second kappa shape index (κ2) is 9.04. The average Bonchev–Trinajstić information content (AvgIpc) is 3.15. The molecule has 0 aliphatic rings. The van der Waals surface area contributed by atoms with Crippen LogP contribution in [0.3, 0.4) is 0 Å². The summed E-state index contributed by atoms with van der Waals surface area (Å²) >= 11 is 5.88. The molecule has 1 unspecified atom stereocenters. The summed E-state index contributed by atoms with van der Waals surface area (Å²) in [6, 6.07) is 15.1. The van der Waals surface area contributed by atoms with Gasteiger partial charge < -0.3 is 15.5 Å². The molecule has 0 spiro atoms. The zero-order valence-electron chi connectivity index (χ0n) is 16.0. The number of benzene rings is 2. The van der Waals surface area contributed by atoms with Gasteiger partial charge in [-0.2, -0.15) is 0 Å². The van der Waals surface area contributed by atoms with Crippen molar-refractivity contribution in [3.63, 3.8) is 0 Å². The molecule has 0 fully saturated rings. The normalized spacial score (nSPS) is 12.2. The number of carbonyl (C=O) groups excluding carboxylic acids is 1. The maximum Gasteiger partial charge on any atom is 0.226 e. The monoisotopic (exact) mass is 397 g/mol. The molecule has 28 heavy (non-hydrogen) atoms. The largest absolute Gasteiger partial charge is 0.444 e. The van der Waals surface area contributed by atoms with Gasteiger partial charge in [0.1, 0.15) is 6.26 Å². The standard InChI is InChI=1S/C22H24ClN3O2/c1-14(2)15-3-5-16(6-4-15)20(24)12-25-21(27)11-19-13-28-22(26-19)17-7-9-18(23)10-8-17/h3-10,13-14,20H,11-12,24H2,1-2H3,(H,25,27). The molecular weight excluding hydrogens is 374 g/mol. The summed E-state index contributed by atoms with van der Waals surface area (Å²) in [5, 5.41) is 3.50. The van der Waals surface area contributed by atoms with Gasteiger partial charge in [0.2, 0.25) is 11.8 Å². The highest BCUT2D eigenvalue weighted by atomic mass is 35.5. The number of aromatic nitrogens is 1. The van der Waals surface area contributed by atoms with Gasteiger partial charge in [-0.25, -0.2) is 4.98 Å². The smallest absolute Gasteiger partial charge is 0.226 e. The van der Waals surface area contributed by atoms with Gasteiger partial charge >= 0.3 is 0 Å². The third kappa shape index (κ3) is 5.21. The van der Waals surface area contributed by atoms with Crippen LogP contribution in [0.2, 0.25) is 5.02 Å². The molecular formula is C22H24ClN3O2. The summed E-state index contributed by atoms with van der Waals surface area (Å²) < 4.78 is 5.46. The Hall–Kier alpha value is -2.63. The van der Waals surface area contributed by atoms with Crippen molar-refractivity contribution in [2.45, 2.75) is 32.2 Å². The zero-order valence-corrected chi connectivity index (χ0v) is 16.7. The maximum atomic E-state index is 12.2. The van der Waals surface area contributed by atoms with Crippen molar-refractivity contribution in [3.05, 3.63) is 76.6 Å². The fourth-order valence-electron chi connectivity index (χ4n) is 2.81. The Morgan fingerprint density at radius 1 is 1.11 bits per heavy atom. The molecule has 0 aliphatic heterocycles. The molecule has 0 saturated carbocycles. The van der Waals surface area contributed by atoms with E-state index in [1.54, 1.807) is 12.1 Å². The zero-order chi connectivity index (χ0) is 20.1. The van der Waals surface area contributed by atoms with Crippen molar-refractivity contribution in [2.75, 3.05) is 6.54 Å². The van der Waals surface area contributed by atoms with E-state index in [0.717, 1.165) is 11.1 Å². The van der Waals surface area contributed by atoms with Crippen molar-refractivity contribution >= 4 is 17.5 Å². The van der Waals surface area contributed by atoms with Crippen LogP contribution in [-0.2, 0) is 11.2 Å². The summed E-state index contributed by atoms with van der Waals surface area (Å²) in [5.74, 6) is 0.789. The molecule has 0 radical (unpaired) electrons. The van der Waals surface area contributed by atoms with Gasteiger partial charge in [0, 0.05) is 23.2 Å². The van der Waals surface area contributed by atoms with Crippen LogP contribution in [-0.4, -0.2) is 17.4 Å². The first-order valence-electron chi connectivity index (χ1n) is 9.25. The first-order valence-corrected chi connectivity index (χ1v) is 9.62. The van der Waals surface area contributed by atoms with Crippen LogP contribution >= 0.6 is 11.6 Å². The van der Waals surface area contributed by atoms with Crippen molar-refractivity contribution in [3.8, 4) is 11.5 Å². The van der Waals surface area contributed by atoms with E-state index in [4.69, 9.17) is 21.8 Å². The second-order valence-electron chi connectivity index (χ2n) is 7.06. The quantitative estimate of drug-likeness (QED) is 0.616. The van der Waals surface area contributed by atoms with Gasteiger partial charge in [0.15, 0.2) is 0 Å². The molecule has 3 N–H and O–H groups in total. The predicted molar refractivity (Wildman–Crippen MR) is 111 cm³/mol. The number of oxazole rings is 1. The Balaban J connectivity index is 1.52. The van der Waals surface area contributed by atoms with Crippen LogP contribution in [0.1, 0.15) is 42.6 Å². The van der Waals surface area contributed by atoms with Gasteiger partial charge in [-0.05, 0) is 41.3 Å². The van der Waals surface area contributed by atoms with E-state index in [-0.39, 0.29) is 18.4 Å². The molecule has 0 aliphatic carbocycles. The van der Waals surface area contributed by atoms with Crippen molar-refractivity contribution < 1.29 is 9.21 Å². The summed E-state index contributed by atoms with van der Waals surface area (Å²) in [6.45, 7) is 4.66. The molecule has 5 nitrogen and oxygen atoms in total. The fraction of sp³-hybridized carbons (Fsp3) is 0.273. The lowest BCUT2D eigenvalue weighted by Gasteiger charge is -2.14. The van der Waals surface area contributed by atoms with Crippen molar-refractivity contribution in [1.82, 2.24) is 10.3 Å².